The number of carbonyl (C=O) groups is 1. The zero-order valence-electron chi connectivity index (χ0n) is 16.9. The quantitative estimate of drug-likeness (QED) is 0.545. The molecule has 1 amide bonds. The summed E-state index contributed by atoms with van der Waals surface area (Å²) in [5, 5.41) is 6.92. The third kappa shape index (κ3) is 4.85. The number of sulfonamides is 1. The lowest BCUT2D eigenvalue weighted by Crippen LogP contribution is -2.29. The fourth-order valence-electron chi connectivity index (χ4n) is 3.09. The Morgan fingerprint density at radius 3 is 2.83 bits per heavy atom. The third-order valence-electron chi connectivity index (χ3n) is 4.49. The summed E-state index contributed by atoms with van der Waals surface area (Å²) in [6, 6.07) is 7.45. The van der Waals surface area contributed by atoms with Gasteiger partial charge in [0.25, 0.3) is 10.0 Å². The van der Waals surface area contributed by atoms with Crippen molar-refractivity contribution in [3.05, 3.63) is 52.2 Å². The summed E-state index contributed by atoms with van der Waals surface area (Å²) in [6.07, 6.45) is 3.79. The third-order valence-corrected chi connectivity index (χ3v) is 5.67. The second-order valence-corrected chi connectivity index (χ2v) is 8.78. The number of halogens is 1. The number of carbonyl (C=O) groups excluding carboxylic acids is 1. The van der Waals surface area contributed by atoms with Crippen LogP contribution in [0.2, 0.25) is 5.02 Å². The number of hydrogen-bond donors (Lipinski definition) is 1. The number of ether oxygens (including phenoxy) is 1. The van der Waals surface area contributed by atoms with Gasteiger partial charge in [0, 0.05) is 29.2 Å². The van der Waals surface area contributed by atoms with Crippen LogP contribution in [-0.4, -0.2) is 35.5 Å². The molecule has 3 rings (SSSR count). The second kappa shape index (κ2) is 8.93. The first-order valence-corrected chi connectivity index (χ1v) is 11.3. The molecule has 1 aromatic carbocycles. The van der Waals surface area contributed by atoms with Crippen molar-refractivity contribution in [2.45, 2.75) is 26.7 Å². The molecule has 0 radical (unpaired) electrons. The van der Waals surface area contributed by atoms with Crippen LogP contribution >= 0.6 is 11.6 Å². The van der Waals surface area contributed by atoms with Crippen LogP contribution in [0.5, 0.6) is 0 Å². The average Bonchev–Trinajstić information content (AvgIpc) is 3.18. The Kier molecular flexibility index (Phi) is 6.52. The first-order chi connectivity index (χ1) is 14.2. The van der Waals surface area contributed by atoms with Crippen molar-refractivity contribution in [3.8, 4) is 5.82 Å². The van der Waals surface area contributed by atoms with Crippen LogP contribution in [-0.2, 0) is 21.8 Å². The van der Waals surface area contributed by atoms with E-state index in [4.69, 9.17) is 16.3 Å². The molecule has 0 atom stereocenters. The Bertz CT molecular complexity index is 1210. The Morgan fingerprint density at radius 2 is 2.10 bits per heavy atom. The predicted octanol–water partition coefficient (Wildman–Crippen LogP) is 4.15. The SMILES string of the molecule is CCCCOC(=O)NS(=O)(=O)C=Cc1c(C)nn(C)c1-n1ccc2cc(Cl)ccc21. The minimum Gasteiger partial charge on any atom is -0.449 e. The van der Waals surface area contributed by atoms with Crippen molar-refractivity contribution in [1.29, 1.82) is 0 Å². The number of aromatic nitrogens is 3. The number of fused-ring (bicyclic) bond motifs is 1. The van der Waals surface area contributed by atoms with E-state index >= 15 is 0 Å². The highest BCUT2D eigenvalue weighted by atomic mass is 35.5. The molecule has 2 heterocycles. The topological polar surface area (TPSA) is 95.2 Å². The van der Waals surface area contributed by atoms with Crippen LogP contribution in [0.25, 0.3) is 22.8 Å². The van der Waals surface area contributed by atoms with E-state index in [0.717, 1.165) is 22.7 Å². The molecule has 160 valence electrons. The fourth-order valence-corrected chi connectivity index (χ4v) is 3.94. The number of unbranched alkanes of at least 4 members (excludes halogenated alkanes) is 1. The summed E-state index contributed by atoms with van der Waals surface area (Å²) < 4.78 is 34.8. The van der Waals surface area contributed by atoms with Gasteiger partial charge in [0.15, 0.2) is 0 Å². The van der Waals surface area contributed by atoms with E-state index < -0.39 is 16.1 Å². The molecule has 1 N–H and O–H groups in total. The van der Waals surface area contributed by atoms with Crippen molar-refractivity contribution in [2.75, 3.05) is 6.61 Å². The lowest BCUT2D eigenvalue weighted by atomic mass is 10.2. The maximum atomic E-state index is 12.3. The van der Waals surface area contributed by atoms with Crippen molar-refractivity contribution in [3.63, 3.8) is 0 Å². The lowest BCUT2D eigenvalue weighted by molar-refractivity contribution is 0.151. The molecule has 0 aliphatic carbocycles. The summed E-state index contributed by atoms with van der Waals surface area (Å²) in [6.45, 7) is 3.89. The molecule has 0 aliphatic rings. The van der Waals surface area contributed by atoms with Gasteiger partial charge in [-0.15, -0.1) is 0 Å². The Balaban J connectivity index is 1.91. The van der Waals surface area contributed by atoms with Crippen molar-refractivity contribution < 1.29 is 17.9 Å². The number of nitrogens with zero attached hydrogens (tertiary/aromatic N) is 3. The van der Waals surface area contributed by atoms with E-state index in [1.165, 1.54) is 6.08 Å². The summed E-state index contributed by atoms with van der Waals surface area (Å²) in [5.74, 6) is 0.682. The van der Waals surface area contributed by atoms with Crippen molar-refractivity contribution in [1.82, 2.24) is 19.1 Å². The number of hydrogen-bond acceptors (Lipinski definition) is 5. The van der Waals surface area contributed by atoms with E-state index in [0.29, 0.717) is 28.5 Å². The molecule has 0 unspecified atom stereocenters. The molecule has 0 saturated carbocycles. The lowest BCUT2D eigenvalue weighted by Gasteiger charge is -2.08. The highest BCUT2D eigenvalue weighted by Crippen LogP contribution is 2.27. The molecular formula is C20H23ClN4O4S. The zero-order valence-corrected chi connectivity index (χ0v) is 18.5. The molecule has 2 aromatic heterocycles. The van der Waals surface area contributed by atoms with Crippen molar-refractivity contribution >= 4 is 44.7 Å². The van der Waals surface area contributed by atoms with Crippen molar-refractivity contribution in [2.24, 2.45) is 7.05 Å². The Hall–Kier alpha value is -2.78. The van der Waals surface area contributed by atoms with Crippen LogP contribution in [0.3, 0.4) is 0 Å². The fraction of sp³-hybridized carbons (Fsp3) is 0.300. The maximum absolute atomic E-state index is 12.3. The van der Waals surface area contributed by atoms with Gasteiger partial charge in [-0.2, -0.15) is 5.10 Å². The normalized spacial score (nSPS) is 12.0. The van der Waals surface area contributed by atoms with Crippen LogP contribution in [0.15, 0.2) is 35.9 Å². The van der Waals surface area contributed by atoms with E-state index in [9.17, 15) is 13.2 Å². The predicted molar refractivity (Wildman–Crippen MR) is 117 cm³/mol. The molecular weight excluding hydrogens is 428 g/mol. The molecule has 8 nitrogen and oxygen atoms in total. The standard InChI is InChI=1S/C20H23ClN4O4S/c1-4-5-11-29-20(26)23-30(27,28)12-9-17-14(2)22-24(3)19(17)25-10-8-15-13-16(21)6-7-18(15)25/h6-10,12-13H,4-5,11H2,1-3H3,(H,23,26). The Labute approximate surface area is 180 Å². The molecule has 0 bridgehead atoms. The highest BCUT2D eigenvalue weighted by Gasteiger charge is 2.17. The van der Waals surface area contributed by atoms with Gasteiger partial charge in [-0.05, 0) is 43.7 Å². The largest absolute Gasteiger partial charge is 0.449 e. The maximum Gasteiger partial charge on any atom is 0.421 e. The van der Waals surface area contributed by atoms with E-state index in [1.807, 2.05) is 40.6 Å². The van der Waals surface area contributed by atoms with Gasteiger partial charge in [-0.1, -0.05) is 24.9 Å². The van der Waals surface area contributed by atoms with Crippen LogP contribution < -0.4 is 4.72 Å². The molecule has 3 aromatic rings. The number of nitrogens with one attached hydrogen (secondary N) is 1. The molecule has 0 spiro atoms. The number of rotatable bonds is 7. The average molecular weight is 451 g/mol. The van der Waals surface area contributed by atoms with E-state index in [-0.39, 0.29) is 6.61 Å². The molecule has 0 saturated heterocycles. The number of aryl methyl sites for hydroxylation is 2. The van der Waals surface area contributed by atoms with Gasteiger partial charge in [-0.25, -0.2) is 17.9 Å². The first-order valence-electron chi connectivity index (χ1n) is 9.40. The van der Waals surface area contributed by atoms with Crippen LogP contribution in [0.1, 0.15) is 31.0 Å². The summed E-state index contributed by atoms with van der Waals surface area (Å²) >= 11 is 6.07. The highest BCUT2D eigenvalue weighted by molar-refractivity contribution is 7.93. The summed E-state index contributed by atoms with van der Waals surface area (Å²) in [7, 11) is -2.25. The van der Waals surface area contributed by atoms with Gasteiger partial charge in [0.05, 0.1) is 23.2 Å². The van der Waals surface area contributed by atoms with Gasteiger partial charge in [0.2, 0.25) is 0 Å². The van der Waals surface area contributed by atoms with Gasteiger partial charge >= 0.3 is 6.09 Å². The minimum absolute atomic E-state index is 0.165. The molecule has 10 heteroatoms. The van der Waals surface area contributed by atoms with Gasteiger partial charge < -0.3 is 9.30 Å². The molecule has 0 aliphatic heterocycles. The summed E-state index contributed by atoms with van der Waals surface area (Å²) in [4.78, 5) is 11.7. The smallest absolute Gasteiger partial charge is 0.421 e. The molecule has 30 heavy (non-hydrogen) atoms. The van der Waals surface area contributed by atoms with E-state index in [2.05, 4.69) is 5.10 Å². The van der Waals surface area contributed by atoms with Crippen LogP contribution in [0.4, 0.5) is 4.79 Å². The number of amides is 1. The minimum atomic E-state index is -4.03. The Morgan fingerprint density at radius 1 is 1.33 bits per heavy atom. The number of benzene rings is 1. The first kappa shape index (κ1) is 21.9. The van der Waals surface area contributed by atoms with Gasteiger partial charge in [0.1, 0.15) is 5.82 Å². The molecule has 0 fully saturated rings. The monoisotopic (exact) mass is 450 g/mol. The van der Waals surface area contributed by atoms with Gasteiger partial charge in [-0.3, -0.25) is 4.68 Å². The zero-order chi connectivity index (χ0) is 21.9. The second-order valence-electron chi connectivity index (χ2n) is 6.77. The van der Waals surface area contributed by atoms with E-state index in [1.54, 1.807) is 24.7 Å². The summed E-state index contributed by atoms with van der Waals surface area (Å²) in [5.41, 5.74) is 2.15. The van der Waals surface area contributed by atoms with Crippen LogP contribution in [0, 0.1) is 6.92 Å².